The molecule has 1 unspecified atom stereocenters. The van der Waals surface area contributed by atoms with Crippen molar-refractivity contribution < 1.29 is 4.74 Å². The van der Waals surface area contributed by atoms with Gasteiger partial charge < -0.3 is 10.1 Å². The number of anilines is 1. The predicted octanol–water partition coefficient (Wildman–Crippen LogP) is 4.02. The highest BCUT2D eigenvalue weighted by atomic mass is 35.5. The van der Waals surface area contributed by atoms with E-state index in [1.165, 1.54) is 0 Å². The Bertz CT molecular complexity index is 395. The average molecular weight is 296 g/mol. The van der Waals surface area contributed by atoms with E-state index in [-0.39, 0.29) is 5.15 Å². The molecule has 0 amide bonds. The normalized spacial score (nSPS) is 19.6. The lowest BCUT2D eigenvalue weighted by Gasteiger charge is -2.11. The maximum absolute atomic E-state index is 6.00. The van der Waals surface area contributed by atoms with Gasteiger partial charge in [-0.2, -0.15) is 0 Å². The number of nitrogens with zero attached hydrogens (tertiary/aromatic N) is 1. The molecular formula is C11H13Cl3N2O. The summed E-state index contributed by atoms with van der Waals surface area (Å²) in [6, 6.07) is 1.59. The first-order valence-electron chi connectivity index (χ1n) is 5.54. The van der Waals surface area contributed by atoms with E-state index in [9.17, 15) is 0 Å². The predicted molar refractivity (Wildman–Crippen MR) is 71.3 cm³/mol. The molecule has 1 aliphatic rings. The summed E-state index contributed by atoms with van der Waals surface area (Å²) in [7, 11) is 0. The van der Waals surface area contributed by atoms with E-state index < -0.39 is 0 Å². The van der Waals surface area contributed by atoms with E-state index in [1.54, 1.807) is 6.07 Å². The van der Waals surface area contributed by atoms with Gasteiger partial charge in [0.15, 0.2) is 0 Å². The van der Waals surface area contributed by atoms with Crippen LogP contribution in [0.2, 0.25) is 15.2 Å². The molecule has 2 rings (SSSR count). The highest BCUT2D eigenvalue weighted by Crippen LogP contribution is 2.28. The van der Waals surface area contributed by atoms with Gasteiger partial charge in [-0.15, -0.1) is 0 Å². The number of aromatic nitrogens is 1. The van der Waals surface area contributed by atoms with Crippen LogP contribution in [0.5, 0.6) is 0 Å². The molecule has 1 saturated heterocycles. The monoisotopic (exact) mass is 294 g/mol. The minimum absolute atomic E-state index is 0.260. The molecule has 6 heteroatoms. The smallest absolute Gasteiger partial charge is 0.150 e. The van der Waals surface area contributed by atoms with Gasteiger partial charge in [0.1, 0.15) is 11.0 Å². The van der Waals surface area contributed by atoms with Gasteiger partial charge in [-0.3, -0.25) is 0 Å². The van der Waals surface area contributed by atoms with Crippen molar-refractivity contribution in [2.75, 3.05) is 18.5 Å². The van der Waals surface area contributed by atoms with Crippen LogP contribution in [0.3, 0.4) is 0 Å². The Morgan fingerprint density at radius 3 is 2.88 bits per heavy atom. The summed E-state index contributed by atoms with van der Waals surface area (Å²) in [5.74, 6) is 0.569. The molecule has 1 aromatic heterocycles. The van der Waals surface area contributed by atoms with Gasteiger partial charge in [0.05, 0.1) is 16.1 Å². The Hall–Kier alpha value is -0.220. The zero-order valence-electron chi connectivity index (χ0n) is 9.18. The van der Waals surface area contributed by atoms with E-state index in [4.69, 9.17) is 39.5 Å². The number of nitrogens with one attached hydrogen (secondary N) is 1. The molecule has 1 N–H and O–H groups in total. The number of pyridine rings is 1. The standard InChI is InChI=1S/C11H13Cl3N2O/c12-8-6-9(13)11(16-10(8)14)15-4-3-7-2-1-5-17-7/h6-7H,1-5H2,(H,15,16). The van der Waals surface area contributed by atoms with Crippen molar-refractivity contribution in [3.8, 4) is 0 Å². The van der Waals surface area contributed by atoms with Crippen molar-refractivity contribution in [2.45, 2.75) is 25.4 Å². The van der Waals surface area contributed by atoms with Gasteiger partial charge in [-0.25, -0.2) is 4.98 Å². The highest BCUT2D eigenvalue weighted by molar-refractivity contribution is 6.42. The second-order valence-corrected chi connectivity index (χ2v) is 5.11. The lowest BCUT2D eigenvalue weighted by atomic mass is 10.2. The van der Waals surface area contributed by atoms with Gasteiger partial charge in [0.25, 0.3) is 0 Å². The van der Waals surface area contributed by atoms with E-state index in [0.29, 0.717) is 22.0 Å². The van der Waals surface area contributed by atoms with Crippen LogP contribution >= 0.6 is 34.8 Å². The minimum atomic E-state index is 0.260. The number of ether oxygens (including phenoxy) is 1. The molecular weight excluding hydrogens is 282 g/mol. The lowest BCUT2D eigenvalue weighted by Crippen LogP contribution is -2.13. The third kappa shape index (κ3) is 3.62. The summed E-state index contributed by atoms with van der Waals surface area (Å²) in [4.78, 5) is 4.09. The van der Waals surface area contributed by atoms with Crippen LogP contribution < -0.4 is 5.32 Å². The number of hydrogen-bond acceptors (Lipinski definition) is 3. The first kappa shape index (κ1) is 13.2. The molecule has 1 aromatic rings. The molecule has 0 aromatic carbocycles. The summed E-state index contributed by atoms with van der Waals surface area (Å²) in [5, 5.41) is 4.24. The highest BCUT2D eigenvalue weighted by Gasteiger charge is 2.15. The summed E-state index contributed by atoms with van der Waals surface area (Å²) in [6.07, 6.45) is 3.57. The van der Waals surface area contributed by atoms with Crippen LogP contribution in [0, 0.1) is 0 Å². The number of halogens is 3. The molecule has 1 atom stereocenters. The third-order valence-corrected chi connectivity index (χ3v) is 3.63. The SMILES string of the molecule is Clc1cc(Cl)c(NCCC2CCCO2)nc1Cl. The fourth-order valence-corrected chi connectivity index (χ4v) is 2.36. The largest absolute Gasteiger partial charge is 0.378 e. The Balaban J connectivity index is 1.87. The molecule has 3 nitrogen and oxygen atoms in total. The fourth-order valence-electron chi connectivity index (χ4n) is 1.79. The van der Waals surface area contributed by atoms with Crippen molar-refractivity contribution in [2.24, 2.45) is 0 Å². The van der Waals surface area contributed by atoms with E-state index in [1.807, 2.05) is 0 Å². The summed E-state index contributed by atoms with van der Waals surface area (Å²) in [5.41, 5.74) is 0. The molecule has 94 valence electrons. The van der Waals surface area contributed by atoms with Gasteiger partial charge in [0, 0.05) is 13.2 Å². The van der Waals surface area contributed by atoms with E-state index in [2.05, 4.69) is 10.3 Å². The number of hydrogen-bond donors (Lipinski definition) is 1. The van der Waals surface area contributed by atoms with Crippen molar-refractivity contribution in [1.29, 1.82) is 0 Å². The molecule has 2 heterocycles. The second kappa shape index (κ2) is 6.10. The Morgan fingerprint density at radius 1 is 1.35 bits per heavy atom. The summed E-state index contributed by atoms with van der Waals surface area (Å²) in [6.45, 7) is 1.63. The summed E-state index contributed by atoms with van der Waals surface area (Å²) < 4.78 is 5.52. The second-order valence-electron chi connectivity index (χ2n) is 3.94. The Labute approximate surface area is 115 Å². The minimum Gasteiger partial charge on any atom is -0.378 e. The first-order chi connectivity index (χ1) is 8.16. The zero-order valence-corrected chi connectivity index (χ0v) is 11.4. The van der Waals surface area contributed by atoms with Crippen LogP contribution in [0.4, 0.5) is 5.82 Å². The number of rotatable bonds is 4. The van der Waals surface area contributed by atoms with Gasteiger partial charge >= 0.3 is 0 Å². The van der Waals surface area contributed by atoms with Crippen LogP contribution in [-0.2, 0) is 4.74 Å². The van der Waals surface area contributed by atoms with Crippen molar-refractivity contribution in [1.82, 2.24) is 4.98 Å². The maximum atomic E-state index is 6.00. The quantitative estimate of drug-likeness (QED) is 0.852. The molecule has 0 saturated carbocycles. The molecule has 0 bridgehead atoms. The maximum Gasteiger partial charge on any atom is 0.150 e. The van der Waals surface area contributed by atoms with Crippen LogP contribution in [0.15, 0.2) is 6.07 Å². The van der Waals surface area contributed by atoms with Crippen molar-refractivity contribution in [3.63, 3.8) is 0 Å². The lowest BCUT2D eigenvalue weighted by molar-refractivity contribution is 0.107. The fraction of sp³-hybridized carbons (Fsp3) is 0.545. The van der Waals surface area contributed by atoms with Crippen LogP contribution in [0.25, 0.3) is 0 Å². The third-order valence-electron chi connectivity index (χ3n) is 2.67. The topological polar surface area (TPSA) is 34.1 Å². The Kier molecular flexibility index (Phi) is 4.74. The first-order valence-corrected chi connectivity index (χ1v) is 6.67. The van der Waals surface area contributed by atoms with Crippen LogP contribution in [0.1, 0.15) is 19.3 Å². The van der Waals surface area contributed by atoms with Gasteiger partial charge in [-0.1, -0.05) is 34.8 Å². The zero-order chi connectivity index (χ0) is 12.3. The average Bonchev–Trinajstić information content (AvgIpc) is 2.78. The van der Waals surface area contributed by atoms with Crippen molar-refractivity contribution >= 4 is 40.6 Å². The molecule has 0 radical (unpaired) electrons. The van der Waals surface area contributed by atoms with Crippen LogP contribution in [-0.4, -0.2) is 24.2 Å². The van der Waals surface area contributed by atoms with E-state index >= 15 is 0 Å². The van der Waals surface area contributed by atoms with Gasteiger partial charge in [-0.05, 0) is 25.3 Å². The Morgan fingerprint density at radius 2 is 2.18 bits per heavy atom. The van der Waals surface area contributed by atoms with Crippen molar-refractivity contribution in [3.05, 3.63) is 21.3 Å². The molecule has 1 aliphatic heterocycles. The summed E-state index contributed by atoms with van der Waals surface area (Å²) >= 11 is 17.6. The molecule has 0 aliphatic carbocycles. The van der Waals surface area contributed by atoms with E-state index in [0.717, 1.165) is 32.4 Å². The molecule has 17 heavy (non-hydrogen) atoms. The molecule has 1 fully saturated rings. The molecule has 0 spiro atoms. The van der Waals surface area contributed by atoms with Gasteiger partial charge in [0.2, 0.25) is 0 Å².